The van der Waals surface area contributed by atoms with Gasteiger partial charge in [0.25, 0.3) is 0 Å². The zero-order chi connectivity index (χ0) is 29.3. The predicted molar refractivity (Wildman–Crippen MR) is 190 cm³/mol. The minimum atomic E-state index is 1.12. The molecule has 8 rings (SSSR count). The molecule has 1 nitrogen and oxygen atoms in total. The molecule has 0 amide bonds. The monoisotopic (exact) mass is 579 g/mol. The number of thiophene rings is 1. The molecule has 0 aliphatic carbocycles. The van der Waals surface area contributed by atoms with Crippen LogP contribution in [0.3, 0.4) is 0 Å². The van der Waals surface area contributed by atoms with Crippen LogP contribution in [0.5, 0.6) is 0 Å². The van der Waals surface area contributed by atoms with Crippen molar-refractivity contribution in [2.45, 2.75) is 0 Å². The number of anilines is 3. The molecule has 0 unspecified atom stereocenters. The molecule has 0 N–H and O–H groups in total. The number of hydrogen-bond acceptors (Lipinski definition) is 2. The van der Waals surface area contributed by atoms with Gasteiger partial charge < -0.3 is 4.90 Å². The highest BCUT2D eigenvalue weighted by Gasteiger charge is 2.20. The average molecular weight is 580 g/mol. The molecule has 1 heterocycles. The van der Waals surface area contributed by atoms with Gasteiger partial charge >= 0.3 is 0 Å². The normalized spacial score (nSPS) is 11.2. The third-order valence-electron chi connectivity index (χ3n) is 8.25. The molecule has 0 radical (unpaired) electrons. The first-order chi connectivity index (χ1) is 21.8. The van der Waals surface area contributed by atoms with Crippen LogP contribution < -0.4 is 4.90 Å². The highest BCUT2D eigenvalue weighted by atomic mass is 32.1. The quantitative estimate of drug-likeness (QED) is 0.189. The summed E-state index contributed by atoms with van der Waals surface area (Å²) in [5.41, 5.74) is 10.7. The summed E-state index contributed by atoms with van der Waals surface area (Å²) in [5, 5.41) is 2.58. The Kier molecular flexibility index (Phi) is 6.75. The molecular weight excluding hydrogens is 551 g/mol. The molecule has 0 bridgehead atoms. The second-order valence-corrected chi connectivity index (χ2v) is 12.1. The number of hydrogen-bond donors (Lipinski definition) is 0. The first-order valence-corrected chi connectivity index (χ1v) is 15.8. The third kappa shape index (κ3) is 4.86. The fourth-order valence-electron chi connectivity index (χ4n) is 6.09. The number of benzene rings is 7. The highest BCUT2D eigenvalue weighted by molar-refractivity contribution is 7.26. The van der Waals surface area contributed by atoms with E-state index in [1.54, 1.807) is 0 Å². The van der Waals surface area contributed by atoms with E-state index in [4.69, 9.17) is 0 Å². The van der Waals surface area contributed by atoms with Crippen LogP contribution in [0.4, 0.5) is 17.1 Å². The maximum atomic E-state index is 2.44. The van der Waals surface area contributed by atoms with E-state index in [-0.39, 0.29) is 0 Å². The van der Waals surface area contributed by atoms with Gasteiger partial charge in [-0.3, -0.25) is 0 Å². The summed E-state index contributed by atoms with van der Waals surface area (Å²) in [4.78, 5) is 2.44. The molecule has 0 fully saturated rings. The van der Waals surface area contributed by atoms with Crippen molar-refractivity contribution < 1.29 is 0 Å². The lowest BCUT2D eigenvalue weighted by atomic mass is 9.99. The van der Waals surface area contributed by atoms with E-state index in [1.165, 1.54) is 59.2 Å². The van der Waals surface area contributed by atoms with Gasteiger partial charge in [0.2, 0.25) is 0 Å². The van der Waals surface area contributed by atoms with Crippen molar-refractivity contribution in [3.63, 3.8) is 0 Å². The van der Waals surface area contributed by atoms with Crippen molar-refractivity contribution in [1.82, 2.24) is 0 Å². The lowest BCUT2D eigenvalue weighted by Gasteiger charge is -2.27. The van der Waals surface area contributed by atoms with Gasteiger partial charge in [-0.15, -0.1) is 11.3 Å². The summed E-state index contributed by atoms with van der Waals surface area (Å²) in [7, 11) is 0. The third-order valence-corrected chi connectivity index (χ3v) is 9.46. The Labute approximate surface area is 261 Å². The fraction of sp³-hybridized carbons (Fsp3) is 0. The average Bonchev–Trinajstić information content (AvgIpc) is 3.49. The van der Waals surface area contributed by atoms with Crippen LogP contribution in [0.1, 0.15) is 0 Å². The van der Waals surface area contributed by atoms with Crippen LogP contribution in [-0.2, 0) is 0 Å². The number of rotatable bonds is 6. The smallest absolute Gasteiger partial charge is 0.0646 e. The molecule has 208 valence electrons. The number of nitrogens with zero attached hydrogens (tertiary/aromatic N) is 1. The van der Waals surface area contributed by atoms with Crippen LogP contribution >= 0.6 is 11.3 Å². The first kappa shape index (κ1) is 26.2. The fourth-order valence-corrected chi connectivity index (χ4v) is 7.28. The minimum Gasteiger partial charge on any atom is -0.309 e. The van der Waals surface area contributed by atoms with Gasteiger partial charge in [0, 0.05) is 26.8 Å². The van der Waals surface area contributed by atoms with E-state index >= 15 is 0 Å². The molecule has 2 heteroatoms. The van der Waals surface area contributed by atoms with Crippen LogP contribution in [0.15, 0.2) is 176 Å². The first-order valence-electron chi connectivity index (χ1n) is 14.9. The van der Waals surface area contributed by atoms with E-state index in [1.807, 2.05) is 11.3 Å². The van der Waals surface area contributed by atoms with Crippen molar-refractivity contribution in [3.8, 4) is 33.4 Å². The molecule has 0 aliphatic heterocycles. The summed E-state index contributed by atoms with van der Waals surface area (Å²) in [6.45, 7) is 0. The molecular formula is C42H29NS. The van der Waals surface area contributed by atoms with Crippen molar-refractivity contribution in [2.75, 3.05) is 4.90 Å². The summed E-state index contributed by atoms with van der Waals surface area (Å²) in [6.07, 6.45) is 0. The number of fused-ring (bicyclic) bond motifs is 3. The summed E-state index contributed by atoms with van der Waals surface area (Å²) in [5.74, 6) is 0. The van der Waals surface area contributed by atoms with Gasteiger partial charge in [0.15, 0.2) is 0 Å². The highest BCUT2D eigenvalue weighted by Crippen LogP contribution is 2.47. The molecule has 0 saturated heterocycles. The summed E-state index contributed by atoms with van der Waals surface area (Å²) >= 11 is 1.87. The second kappa shape index (κ2) is 11.3. The van der Waals surface area contributed by atoms with E-state index in [2.05, 4.69) is 181 Å². The van der Waals surface area contributed by atoms with E-state index in [0.717, 1.165) is 11.4 Å². The minimum absolute atomic E-state index is 1.12. The Morgan fingerprint density at radius 2 is 0.886 bits per heavy atom. The second-order valence-electron chi connectivity index (χ2n) is 11.0. The SMILES string of the molecule is c1ccc(-c2ccc(N(c3cccc(-c4ccccc4)c3)c3cc(-c4ccccc4)cc4c3sc3ccccc34)cc2)cc1. The van der Waals surface area contributed by atoms with E-state index < -0.39 is 0 Å². The van der Waals surface area contributed by atoms with Crippen LogP contribution in [0.2, 0.25) is 0 Å². The maximum absolute atomic E-state index is 2.44. The van der Waals surface area contributed by atoms with Crippen molar-refractivity contribution in [1.29, 1.82) is 0 Å². The molecule has 0 spiro atoms. The Morgan fingerprint density at radius 1 is 0.341 bits per heavy atom. The Hall–Kier alpha value is -5.44. The topological polar surface area (TPSA) is 3.24 Å². The molecule has 0 atom stereocenters. The van der Waals surface area contributed by atoms with E-state index in [0.29, 0.717) is 0 Å². The Morgan fingerprint density at radius 3 is 1.57 bits per heavy atom. The van der Waals surface area contributed by atoms with Crippen LogP contribution in [0, 0.1) is 0 Å². The van der Waals surface area contributed by atoms with Crippen LogP contribution in [0.25, 0.3) is 53.6 Å². The van der Waals surface area contributed by atoms with Gasteiger partial charge in [-0.1, -0.05) is 133 Å². The maximum Gasteiger partial charge on any atom is 0.0646 e. The van der Waals surface area contributed by atoms with Gasteiger partial charge in [-0.25, -0.2) is 0 Å². The largest absolute Gasteiger partial charge is 0.309 e. The Balaban J connectivity index is 1.39. The summed E-state index contributed by atoms with van der Waals surface area (Å²) in [6, 6.07) is 63.4. The van der Waals surface area contributed by atoms with Crippen molar-refractivity contribution in [2.24, 2.45) is 0 Å². The molecule has 7 aromatic carbocycles. The van der Waals surface area contributed by atoms with Crippen molar-refractivity contribution in [3.05, 3.63) is 176 Å². The van der Waals surface area contributed by atoms with Crippen molar-refractivity contribution >= 4 is 48.6 Å². The Bertz CT molecular complexity index is 2200. The molecule has 0 saturated carbocycles. The lowest BCUT2D eigenvalue weighted by molar-refractivity contribution is 1.30. The zero-order valence-electron chi connectivity index (χ0n) is 24.1. The van der Waals surface area contributed by atoms with Crippen LogP contribution in [-0.4, -0.2) is 0 Å². The zero-order valence-corrected chi connectivity index (χ0v) is 24.9. The molecule has 8 aromatic rings. The lowest BCUT2D eigenvalue weighted by Crippen LogP contribution is -2.10. The van der Waals surface area contributed by atoms with Gasteiger partial charge in [-0.2, -0.15) is 0 Å². The van der Waals surface area contributed by atoms with Gasteiger partial charge in [-0.05, 0) is 75.8 Å². The van der Waals surface area contributed by atoms with Gasteiger partial charge in [0.1, 0.15) is 0 Å². The molecule has 0 aliphatic rings. The van der Waals surface area contributed by atoms with Gasteiger partial charge in [0.05, 0.1) is 10.4 Å². The standard InChI is InChI=1S/C42H29NS/c1-4-13-30(14-5-1)33-23-25-36(26-24-33)43(37-20-12-19-34(27-37)31-15-6-2-7-16-31)40-29-35(32-17-8-3-9-18-32)28-39-38-21-10-11-22-41(38)44-42(39)40/h1-29H. The summed E-state index contributed by atoms with van der Waals surface area (Å²) < 4.78 is 2.58. The molecule has 1 aromatic heterocycles. The molecule has 44 heavy (non-hydrogen) atoms. The van der Waals surface area contributed by atoms with E-state index in [9.17, 15) is 0 Å². The predicted octanol–water partition coefficient (Wildman–Crippen LogP) is 12.5.